The molecule has 0 spiro atoms. The molecular formula is C14H26N2O. The number of hydrogen-bond acceptors (Lipinski definition) is 3. The molecule has 3 aliphatic rings. The smallest absolute Gasteiger partial charge is 0.0621 e. The van der Waals surface area contributed by atoms with Gasteiger partial charge in [0.2, 0.25) is 0 Å². The zero-order valence-electron chi connectivity index (χ0n) is 10.9. The molecule has 3 nitrogen and oxygen atoms in total. The van der Waals surface area contributed by atoms with E-state index in [1.807, 2.05) is 0 Å². The van der Waals surface area contributed by atoms with Gasteiger partial charge in [-0.05, 0) is 64.1 Å². The van der Waals surface area contributed by atoms with Crippen molar-refractivity contribution < 1.29 is 4.74 Å². The number of hydrogen-bond donors (Lipinski definition) is 1. The van der Waals surface area contributed by atoms with E-state index in [0.717, 1.165) is 31.2 Å². The van der Waals surface area contributed by atoms with Crippen LogP contribution in [0.25, 0.3) is 0 Å². The molecule has 1 atom stereocenters. The van der Waals surface area contributed by atoms with Crippen molar-refractivity contribution in [3.8, 4) is 0 Å². The van der Waals surface area contributed by atoms with Crippen LogP contribution in [0, 0.1) is 5.92 Å². The Balaban J connectivity index is 1.36. The molecule has 3 rings (SSSR count). The maximum absolute atomic E-state index is 5.60. The van der Waals surface area contributed by atoms with E-state index in [9.17, 15) is 0 Å². The summed E-state index contributed by atoms with van der Waals surface area (Å²) >= 11 is 0. The molecule has 2 saturated heterocycles. The predicted octanol–water partition coefficient (Wildman–Crippen LogP) is 1.63. The van der Waals surface area contributed by atoms with Crippen molar-refractivity contribution in [2.75, 3.05) is 32.8 Å². The Morgan fingerprint density at radius 2 is 1.88 bits per heavy atom. The first kappa shape index (κ1) is 11.9. The van der Waals surface area contributed by atoms with E-state index >= 15 is 0 Å². The molecule has 0 aromatic rings. The third-order valence-corrected chi connectivity index (χ3v) is 4.57. The van der Waals surface area contributed by atoms with Crippen LogP contribution in [-0.2, 0) is 4.74 Å². The maximum atomic E-state index is 5.60. The van der Waals surface area contributed by atoms with Crippen LogP contribution >= 0.6 is 0 Å². The minimum absolute atomic E-state index is 0.723. The normalized spacial score (nSPS) is 32.8. The summed E-state index contributed by atoms with van der Waals surface area (Å²) in [6, 6.07) is 1.60. The first-order valence-corrected chi connectivity index (χ1v) is 7.47. The molecule has 2 aliphatic heterocycles. The van der Waals surface area contributed by atoms with E-state index in [1.165, 1.54) is 58.2 Å². The highest BCUT2D eigenvalue weighted by Crippen LogP contribution is 2.24. The zero-order chi connectivity index (χ0) is 11.5. The molecule has 17 heavy (non-hydrogen) atoms. The third-order valence-electron chi connectivity index (χ3n) is 4.57. The Morgan fingerprint density at radius 1 is 1.06 bits per heavy atom. The lowest BCUT2D eigenvalue weighted by molar-refractivity contribution is 0.00498. The quantitative estimate of drug-likeness (QED) is 0.805. The van der Waals surface area contributed by atoms with Crippen molar-refractivity contribution in [3.05, 3.63) is 0 Å². The van der Waals surface area contributed by atoms with E-state index in [4.69, 9.17) is 4.74 Å². The molecule has 0 aromatic carbocycles. The second-order valence-corrected chi connectivity index (χ2v) is 6.03. The predicted molar refractivity (Wildman–Crippen MR) is 69.2 cm³/mol. The first-order valence-electron chi connectivity index (χ1n) is 7.47. The van der Waals surface area contributed by atoms with E-state index in [1.54, 1.807) is 0 Å². The number of ether oxygens (including phenoxy) is 1. The van der Waals surface area contributed by atoms with Gasteiger partial charge in [-0.2, -0.15) is 0 Å². The summed E-state index contributed by atoms with van der Waals surface area (Å²) in [5.41, 5.74) is 0. The fraction of sp³-hybridized carbons (Fsp3) is 1.00. The molecule has 3 heteroatoms. The molecule has 3 fully saturated rings. The first-order chi connectivity index (χ1) is 8.42. The maximum Gasteiger partial charge on any atom is 0.0621 e. The molecular weight excluding hydrogens is 212 g/mol. The van der Waals surface area contributed by atoms with Crippen molar-refractivity contribution in [2.45, 2.75) is 50.6 Å². The summed E-state index contributed by atoms with van der Waals surface area (Å²) < 4.78 is 5.60. The van der Waals surface area contributed by atoms with Crippen LogP contribution in [0.3, 0.4) is 0 Å². The van der Waals surface area contributed by atoms with Crippen LogP contribution < -0.4 is 5.32 Å². The monoisotopic (exact) mass is 238 g/mol. The number of rotatable bonds is 4. The summed E-state index contributed by atoms with van der Waals surface area (Å²) in [5, 5.41) is 3.68. The zero-order valence-corrected chi connectivity index (χ0v) is 10.9. The van der Waals surface area contributed by atoms with Crippen molar-refractivity contribution in [2.24, 2.45) is 5.92 Å². The average molecular weight is 238 g/mol. The van der Waals surface area contributed by atoms with Gasteiger partial charge in [0, 0.05) is 18.7 Å². The van der Waals surface area contributed by atoms with Crippen LogP contribution in [0.5, 0.6) is 0 Å². The molecule has 0 amide bonds. The standard InChI is InChI=1S/C14H26N2O/c1-2-14(11-17-9-1)16-7-5-12(6-8-16)10-15-13-3-4-13/h12-15H,1-11H2. The van der Waals surface area contributed by atoms with Crippen molar-refractivity contribution in [1.29, 1.82) is 0 Å². The molecule has 0 aromatic heterocycles. The number of nitrogens with one attached hydrogen (secondary N) is 1. The van der Waals surface area contributed by atoms with E-state index in [0.29, 0.717) is 0 Å². The summed E-state index contributed by atoms with van der Waals surface area (Å²) in [4.78, 5) is 2.67. The molecule has 1 N–H and O–H groups in total. The Morgan fingerprint density at radius 3 is 2.53 bits per heavy atom. The topological polar surface area (TPSA) is 24.5 Å². The van der Waals surface area contributed by atoms with Crippen molar-refractivity contribution in [3.63, 3.8) is 0 Å². The number of nitrogens with zero attached hydrogens (tertiary/aromatic N) is 1. The van der Waals surface area contributed by atoms with Crippen LogP contribution in [0.2, 0.25) is 0 Å². The number of likely N-dealkylation sites (tertiary alicyclic amines) is 1. The lowest BCUT2D eigenvalue weighted by Gasteiger charge is -2.39. The Hall–Kier alpha value is -0.120. The molecule has 1 aliphatic carbocycles. The Bertz CT molecular complexity index is 228. The van der Waals surface area contributed by atoms with Gasteiger partial charge in [-0.15, -0.1) is 0 Å². The fourth-order valence-electron chi connectivity index (χ4n) is 3.15. The van der Waals surface area contributed by atoms with Gasteiger partial charge in [0.25, 0.3) is 0 Å². The SMILES string of the molecule is C1COCC(N2CCC(CNC3CC3)CC2)C1. The van der Waals surface area contributed by atoms with Gasteiger partial charge in [-0.3, -0.25) is 4.90 Å². The third kappa shape index (κ3) is 3.43. The average Bonchev–Trinajstić information content (AvgIpc) is 3.22. The minimum Gasteiger partial charge on any atom is -0.380 e. The highest BCUT2D eigenvalue weighted by atomic mass is 16.5. The van der Waals surface area contributed by atoms with Gasteiger partial charge in [0.15, 0.2) is 0 Å². The van der Waals surface area contributed by atoms with Crippen LogP contribution in [-0.4, -0.2) is 49.8 Å². The molecule has 1 unspecified atom stereocenters. The van der Waals surface area contributed by atoms with E-state index < -0.39 is 0 Å². The Labute approximate surface area is 105 Å². The highest BCUT2D eigenvalue weighted by molar-refractivity contribution is 4.84. The van der Waals surface area contributed by atoms with Crippen molar-refractivity contribution >= 4 is 0 Å². The van der Waals surface area contributed by atoms with Gasteiger partial charge in [-0.25, -0.2) is 0 Å². The second kappa shape index (κ2) is 5.68. The van der Waals surface area contributed by atoms with Crippen LogP contribution in [0.4, 0.5) is 0 Å². The summed E-state index contributed by atoms with van der Waals surface area (Å²) in [5.74, 6) is 0.927. The summed E-state index contributed by atoms with van der Waals surface area (Å²) in [6.07, 6.45) is 8.21. The molecule has 98 valence electrons. The molecule has 0 radical (unpaired) electrons. The van der Waals surface area contributed by atoms with Gasteiger partial charge in [-0.1, -0.05) is 0 Å². The molecule has 1 saturated carbocycles. The van der Waals surface area contributed by atoms with Crippen LogP contribution in [0.1, 0.15) is 38.5 Å². The number of piperidine rings is 1. The molecule has 0 bridgehead atoms. The Kier molecular flexibility index (Phi) is 3.99. The van der Waals surface area contributed by atoms with Gasteiger partial charge < -0.3 is 10.1 Å². The van der Waals surface area contributed by atoms with Crippen LogP contribution in [0.15, 0.2) is 0 Å². The van der Waals surface area contributed by atoms with E-state index in [-0.39, 0.29) is 0 Å². The fourth-order valence-corrected chi connectivity index (χ4v) is 3.15. The molecule has 2 heterocycles. The lowest BCUT2D eigenvalue weighted by Crippen LogP contribution is -2.46. The largest absolute Gasteiger partial charge is 0.380 e. The summed E-state index contributed by atoms with van der Waals surface area (Å²) in [7, 11) is 0. The minimum atomic E-state index is 0.723. The van der Waals surface area contributed by atoms with Gasteiger partial charge in [0.1, 0.15) is 0 Å². The van der Waals surface area contributed by atoms with Gasteiger partial charge >= 0.3 is 0 Å². The van der Waals surface area contributed by atoms with Gasteiger partial charge in [0.05, 0.1) is 6.61 Å². The summed E-state index contributed by atoms with van der Waals surface area (Å²) in [6.45, 7) is 5.82. The second-order valence-electron chi connectivity index (χ2n) is 6.03. The lowest BCUT2D eigenvalue weighted by atomic mass is 9.94. The highest BCUT2D eigenvalue weighted by Gasteiger charge is 2.27. The van der Waals surface area contributed by atoms with Crippen molar-refractivity contribution in [1.82, 2.24) is 10.2 Å². The van der Waals surface area contributed by atoms with E-state index in [2.05, 4.69) is 10.2 Å².